The second kappa shape index (κ2) is 4.79. The summed E-state index contributed by atoms with van der Waals surface area (Å²) in [6, 6.07) is 15.5. The van der Waals surface area contributed by atoms with E-state index < -0.39 is 0 Å². The highest BCUT2D eigenvalue weighted by Gasteiger charge is 2.02. The third-order valence-corrected chi connectivity index (χ3v) is 3.18. The summed E-state index contributed by atoms with van der Waals surface area (Å²) in [6.07, 6.45) is 3.47. The number of hydrogen-bond acceptors (Lipinski definition) is 5. The molecule has 4 heterocycles. The molecule has 0 spiro atoms. The van der Waals surface area contributed by atoms with Gasteiger partial charge in [-0.05, 0) is 48.5 Å². The molecule has 0 radical (unpaired) electrons. The smallest absolute Gasteiger partial charge is 0.161 e. The second-order valence-corrected chi connectivity index (χ2v) is 4.62. The van der Waals surface area contributed by atoms with E-state index in [1.807, 2.05) is 48.5 Å². The van der Waals surface area contributed by atoms with Crippen molar-refractivity contribution in [1.29, 1.82) is 0 Å². The topological polar surface area (TPSA) is 63.6 Å². The van der Waals surface area contributed by atoms with Gasteiger partial charge >= 0.3 is 0 Å². The van der Waals surface area contributed by atoms with E-state index in [9.17, 15) is 0 Å². The van der Waals surface area contributed by atoms with Crippen LogP contribution in [0.5, 0.6) is 0 Å². The van der Waals surface area contributed by atoms with Crippen LogP contribution in [0.4, 0.5) is 11.6 Å². The maximum absolute atomic E-state index is 4.47. The van der Waals surface area contributed by atoms with E-state index in [0.29, 0.717) is 22.9 Å². The predicted octanol–water partition coefficient (Wildman–Crippen LogP) is 3.32. The minimum Gasteiger partial charge on any atom is -0.325 e. The monoisotopic (exact) mass is 273 g/mol. The van der Waals surface area contributed by atoms with E-state index in [2.05, 4.69) is 25.3 Å². The molecule has 0 fully saturated rings. The van der Waals surface area contributed by atoms with Gasteiger partial charge in [0.1, 0.15) is 11.6 Å². The molecule has 5 heteroatoms. The Hall–Kier alpha value is -3.08. The average molecular weight is 273 g/mol. The molecule has 100 valence electrons. The fourth-order valence-corrected chi connectivity index (χ4v) is 2.18. The number of hydrogen-bond donors (Lipinski definition) is 1. The Morgan fingerprint density at radius 1 is 0.619 bits per heavy atom. The SMILES string of the molecule is c1cnc2nc(Nc3ccc4cccnc4n3)ccc2c1. The highest BCUT2D eigenvalue weighted by molar-refractivity contribution is 5.79. The van der Waals surface area contributed by atoms with Crippen LogP contribution < -0.4 is 5.32 Å². The third kappa shape index (κ3) is 2.25. The van der Waals surface area contributed by atoms with Gasteiger partial charge in [-0.3, -0.25) is 0 Å². The average Bonchev–Trinajstić information content (AvgIpc) is 2.55. The number of pyridine rings is 4. The van der Waals surface area contributed by atoms with Gasteiger partial charge in [-0.15, -0.1) is 0 Å². The molecule has 4 aromatic heterocycles. The van der Waals surface area contributed by atoms with Crippen molar-refractivity contribution in [2.75, 3.05) is 5.32 Å². The highest BCUT2D eigenvalue weighted by Crippen LogP contribution is 2.18. The van der Waals surface area contributed by atoms with Crippen molar-refractivity contribution >= 4 is 33.7 Å². The summed E-state index contributed by atoms with van der Waals surface area (Å²) in [5, 5.41) is 5.21. The molecular formula is C16H11N5. The summed E-state index contributed by atoms with van der Waals surface area (Å²) >= 11 is 0. The molecular weight excluding hydrogens is 262 g/mol. The summed E-state index contributed by atoms with van der Waals surface area (Å²) < 4.78 is 0. The Morgan fingerprint density at radius 3 is 1.67 bits per heavy atom. The molecule has 0 amide bonds. The number of fused-ring (bicyclic) bond motifs is 2. The van der Waals surface area contributed by atoms with Crippen LogP contribution in [0.25, 0.3) is 22.1 Å². The molecule has 0 aliphatic rings. The molecule has 0 aromatic carbocycles. The van der Waals surface area contributed by atoms with Crippen molar-refractivity contribution in [3.05, 3.63) is 60.9 Å². The Morgan fingerprint density at radius 2 is 1.14 bits per heavy atom. The van der Waals surface area contributed by atoms with Crippen molar-refractivity contribution in [2.24, 2.45) is 0 Å². The van der Waals surface area contributed by atoms with Crippen molar-refractivity contribution < 1.29 is 0 Å². The summed E-state index contributed by atoms with van der Waals surface area (Å²) in [6.45, 7) is 0. The maximum Gasteiger partial charge on any atom is 0.161 e. The lowest BCUT2D eigenvalue weighted by Crippen LogP contribution is -1.97. The van der Waals surface area contributed by atoms with Crippen LogP contribution in [0.15, 0.2) is 60.9 Å². The fourth-order valence-electron chi connectivity index (χ4n) is 2.18. The molecule has 0 atom stereocenters. The van der Waals surface area contributed by atoms with Gasteiger partial charge in [-0.1, -0.05) is 0 Å². The van der Waals surface area contributed by atoms with E-state index in [1.54, 1.807) is 12.4 Å². The predicted molar refractivity (Wildman–Crippen MR) is 82.4 cm³/mol. The van der Waals surface area contributed by atoms with Gasteiger partial charge < -0.3 is 5.32 Å². The van der Waals surface area contributed by atoms with Crippen molar-refractivity contribution in [2.45, 2.75) is 0 Å². The number of nitrogens with zero attached hydrogens (tertiary/aromatic N) is 4. The lowest BCUT2D eigenvalue weighted by atomic mass is 10.3. The molecule has 21 heavy (non-hydrogen) atoms. The zero-order valence-corrected chi connectivity index (χ0v) is 11.1. The van der Waals surface area contributed by atoms with Gasteiger partial charge in [-0.25, -0.2) is 19.9 Å². The van der Waals surface area contributed by atoms with Gasteiger partial charge in [0.2, 0.25) is 0 Å². The number of anilines is 2. The van der Waals surface area contributed by atoms with Crippen LogP contribution in [0.2, 0.25) is 0 Å². The first-order valence-corrected chi connectivity index (χ1v) is 6.59. The van der Waals surface area contributed by atoms with Crippen LogP contribution in [0, 0.1) is 0 Å². The van der Waals surface area contributed by atoms with Crippen LogP contribution in [-0.4, -0.2) is 19.9 Å². The molecule has 0 aliphatic carbocycles. The summed E-state index contributed by atoms with van der Waals surface area (Å²) in [5.74, 6) is 1.42. The molecule has 0 saturated carbocycles. The van der Waals surface area contributed by atoms with Crippen molar-refractivity contribution in [3.63, 3.8) is 0 Å². The Kier molecular flexibility index (Phi) is 2.67. The standard InChI is InChI=1S/C16H11N5/c1-3-11-5-7-13(20-15(11)17-9-1)19-14-8-6-12-4-2-10-18-16(12)21-14/h1-10H,(H,17,18,19,20,21). The van der Waals surface area contributed by atoms with E-state index >= 15 is 0 Å². The first-order chi connectivity index (χ1) is 10.4. The molecule has 1 N–H and O–H groups in total. The normalized spacial score (nSPS) is 10.9. The van der Waals surface area contributed by atoms with Gasteiger partial charge in [-0.2, -0.15) is 0 Å². The molecule has 4 aromatic rings. The number of aromatic nitrogens is 4. The lowest BCUT2D eigenvalue weighted by Gasteiger charge is -2.06. The first-order valence-electron chi connectivity index (χ1n) is 6.59. The van der Waals surface area contributed by atoms with E-state index in [0.717, 1.165) is 10.8 Å². The first kappa shape index (κ1) is 11.7. The second-order valence-electron chi connectivity index (χ2n) is 4.62. The van der Waals surface area contributed by atoms with Gasteiger partial charge in [0.05, 0.1) is 0 Å². The quantitative estimate of drug-likeness (QED) is 0.607. The molecule has 0 unspecified atom stereocenters. The molecule has 0 aliphatic heterocycles. The van der Waals surface area contributed by atoms with Crippen molar-refractivity contribution in [1.82, 2.24) is 19.9 Å². The fraction of sp³-hybridized carbons (Fsp3) is 0. The van der Waals surface area contributed by atoms with Crippen molar-refractivity contribution in [3.8, 4) is 0 Å². The Bertz CT molecular complexity index is 858. The minimum absolute atomic E-state index is 0.710. The van der Waals surface area contributed by atoms with Crippen LogP contribution in [0.1, 0.15) is 0 Å². The summed E-state index contributed by atoms with van der Waals surface area (Å²) in [4.78, 5) is 17.4. The zero-order chi connectivity index (χ0) is 14.1. The van der Waals surface area contributed by atoms with E-state index in [4.69, 9.17) is 0 Å². The third-order valence-electron chi connectivity index (χ3n) is 3.18. The van der Waals surface area contributed by atoms with Crippen LogP contribution >= 0.6 is 0 Å². The largest absolute Gasteiger partial charge is 0.325 e. The van der Waals surface area contributed by atoms with Crippen LogP contribution in [-0.2, 0) is 0 Å². The molecule has 0 bridgehead atoms. The number of rotatable bonds is 2. The minimum atomic E-state index is 0.710. The van der Waals surface area contributed by atoms with Gasteiger partial charge in [0.25, 0.3) is 0 Å². The van der Waals surface area contributed by atoms with E-state index in [-0.39, 0.29) is 0 Å². The maximum atomic E-state index is 4.47. The number of nitrogens with one attached hydrogen (secondary N) is 1. The summed E-state index contributed by atoms with van der Waals surface area (Å²) in [7, 11) is 0. The molecule has 0 saturated heterocycles. The molecule has 5 nitrogen and oxygen atoms in total. The zero-order valence-electron chi connectivity index (χ0n) is 11.1. The van der Waals surface area contributed by atoms with Crippen LogP contribution in [0.3, 0.4) is 0 Å². The van der Waals surface area contributed by atoms with E-state index in [1.165, 1.54) is 0 Å². The summed E-state index contributed by atoms with van der Waals surface area (Å²) in [5.41, 5.74) is 1.42. The Labute approximate surface area is 120 Å². The van der Waals surface area contributed by atoms with Gasteiger partial charge in [0, 0.05) is 23.2 Å². The highest BCUT2D eigenvalue weighted by atomic mass is 15.1. The Balaban J connectivity index is 1.71. The lowest BCUT2D eigenvalue weighted by molar-refractivity contribution is 1.24. The molecule has 4 rings (SSSR count). The van der Waals surface area contributed by atoms with Gasteiger partial charge in [0.15, 0.2) is 11.3 Å².